The fourth-order valence-electron chi connectivity index (χ4n) is 1.69. The fraction of sp³-hybridized carbons (Fsp3) is 0. The van der Waals surface area contributed by atoms with Gasteiger partial charge in [0.25, 0.3) is 5.69 Å². The van der Waals surface area contributed by atoms with Gasteiger partial charge < -0.3 is 10.4 Å². The minimum absolute atomic E-state index is 0.365. The van der Waals surface area contributed by atoms with Gasteiger partial charge in [-0.15, -0.1) is 0 Å². The van der Waals surface area contributed by atoms with Gasteiger partial charge in [-0.2, -0.15) is 0 Å². The summed E-state index contributed by atoms with van der Waals surface area (Å²) in [6, 6.07) is 8.85. The smallest absolute Gasteiger partial charge is 0.342 e. The van der Waals surface area contributed by atoms with Gasteiger partial charge in [0, 0.05) is 21.2 Å². The van der Waals surface area contributed by atoms with E-state index in [0.29, 0.717) is 16.4 Å². The maximum absolute atomic E-state index is 10.9. The highest BCUT2D eigenvalue weighted by atomic mass is 79.9. The van der Waals surface area contributed by atoms with Crippen molar-refractivity contribution in [2.24, 2.45) is 0 Å². The van der Waals surface area contributed by atoms with Crippen molar-refractivity contribution < 1.29 is 14.8 Å². The number of anilines is 2. The van der Waals surface area contributed by atoms with E-state index in [1.54, 1.807) is 18.2 Å². The summed E-state index contributed by atoms with van der Waals surface area (Å²) in [4.78, 5) is 21.1. The Balaban J connectivity index is 2.41. The van der Waals surface area contributed by atoms with Crippen LogP contribution in [0.4, 0.5) is 17.1 Å². The van der Waals surface area contributed by atoms with Crippen LogP contribution in [0.2, 0.25) is 5.02 Å². The summed E-state index contributed by atoms with van der Waals surface area (Å²) in [5, 5.41) is 23.3. The Morgan fingerprint density at radius 1 is 1.29 bits per heavy atom. The zero-order valence-corrected chi connectivity index (χ0v) is 12.7. The van der Waals surface area contributed by atoms with Crippen LogP contribution < -0.4 is 5.32 Å². The molecule has 21 heavy (non-hydrogen) atoms. The first-order valence-electron chi connectivity index (χ1n) is 5.62. The highest BCUT2D eigenvalue weighted by molar-refractivity contribution is 9.10. The van der Waals surface area contributed by atoms with E-state index in [-0.39, 0.29) is 5.56 Å². The Bertz CT molecular complexity index is 736. The van der Waals surface area contributed by atoms with E-state index >= 15 is 0 Å². The van der Waals surface area contributed by atoms with Crippen molar-refractivity contribution in [3.8, 4) is 0 Å². The maximum atomic E-state index is 10.9. The average molecular weight is 372 g/mol. The predicted molar refractivity (Wildman–Crippen MR) is 82.5 cm³/mol. The molecule has 0 atom stereocenters. The number of carboxylic acids is 1. The molecule has 0 bridgehead atoms. The monoisotopic (exact) mass is 370 g/mol. The molecule has 2 aromatic rings. The second kappa shape index (κ2) is 6.11. The normalized spacial score (nSPS) is 10.2. The zero-order chi connectivity index (χ0) is 15.6. The number of benzene rings is 2. The number of aromatic carboxylic acids is 1. The van der Waals surface area contributed by atoms with E-state index in [1.807, 2.05) is 0 Å². The SMILES string of the molecule is O=C(O)c1ccc(Nc2cc(Cl)ccc2Br)cc1[N+](=O)[O-]. The van der Waals surface area contributed by atoms with Gasteiger partial charge in [-0.3, -0.25) is 10.1 Å². The Morgan fingerprint density at radius 2 is 2.00 bits per heavy atom. The van der Waals surface area contributed by atoms with Crippen molar-refractivity contribution in [1.82, 2.24) is 0 Å². The van der Waals surface area contributed by atoms with Gasteiger partial charge in [-0.05, 0) is 46.3 Å². The van der Waals surface area contributed by atoms with E-state index in [0.717, 1.165) is 10.5 Å². The van der Waals surface area contributed by atoms with Gasteiger partial charge in [0.1, 0.15) is 5.56 Å². The molecule has 0 aliphatic heterocycles. The fourth-order valence-corrected chi connectivity index (χ4v) is 2.21. The largest absolute Gasteiger partial charge is 0.477 e. The first kappa shape index (κ1) is 15.3. The Morgan fingerprint density at radius 3 is 2.62 bits per heavy atom. The molecular formula is C13H8BrClN2O4. The second-order valence-electron chi connectivity index (χ2n) is 4.04. The van der Waals surface area contributed by atoms with Gasteiger partial charge in [-0.25, -0.2) is 4.79 Å². The number of halogens is 2. The van der Waals surface area contributed by atoms with Crippen LogP contribution in [-0.4, -0.2) is 16.0 Å². The number of nitrogens with zero attached hydrogens (tertiary/aromatic N) is 1. The third-order valence-corrected chi connectivity index (χ3v) is 3.56. The van der Waals surface area contributed by atoms with Crippen LogP contribution in [0.5, 0.6) is 0 Å². The van der Waals surface area contributed by atoms with Crippen molar-refractivity contribution >= 4 is 50.6 Å². The summed E-state index contributed by atoms with van der Waals surface area (Å²) in [5.41, 5.74) is 0.149. The molecule has 0 unspecified atom stereocenters. The lowest BCUT2D eigenvalue weighted by molar-refractivity contribution is -0.385. The summed E-state index contributed by atoms with van der Waals surface area (Å²) < 4.78 is 0.719. The van der Waals surface area contributed by atoms with Crippen LogP contribution in [-0.2, 0) is 0 Å². The van der Waals surface area contributed by atoms with Gasteiger partial charge in [0.05, 0.1) is 10.6 Å². The minimum Gasteiger partial charge on any atom is -0.477 e. The first-order valence-corrected chi connectivity index (χ1v) is 6.79. The molecule has 0 heterocycles. The lowest BCUT2D eigenvalue weighted by Gasteiger charge is -2.09. The quantitative estimate of drug-likeness (QED) is 0.612. The number of hydrogen-bond donors (Lipinski definition) is 2. The maximum Gasteiger partial charge on any atom is 0.342 e. The summed E-state index contributed by atoms with van der Waals surface area (Å²) in [5.74, 6) is -1.35. The number of carboxylic acid groups (broad SMARTS) is 1. The number of carbonyl (C=O) groups is 1. The average Bonchev–Trinajstić information content (AvgIpc) is 2.42. The molecule has 108 valence electrons. The van der Waals surface area contributed by atoms with E-state index in [9.17, 15) is 14.9 Å². The van der Waals surface area contributed by atoms with Crippen molar-refractivity contribution in [2.45, 2.75) is 0 Å². The van der Waals surface area contributed by atoms with Crippen molar-refractivity contribution in [3.05, 3.63) is 61.6 Å². The number of nitro benzene ring substituents is 1. The molecule has 0 saturated carbocycles. The van der Waals surface area contributed by atoms with Gasteiger partial charge in [-0.1, -0.05) is 11.6 Å². The van der Waals surface area contributed by atoms with Gasteiger partial charge >= 0.3 is 5.97 Å². The molecule has 0 spiro atoms. The number of rotatable bonds is 4. The van der Waals surface area contributed by atoms with Crippen LogP contribution in [0.15, 0.2) is 40.9 Å². The molecule has 6 nitrogen and oxygen atoms in total. The number of nitrogens with one attached hydrogen (secondary N) is 1. The molecule has 0 aliphatic rings. The standard InChI is InChI=1S/C13H8BrClN2O4/c14-10-4-1-7(15)5-11(10)16-8-2-3-9(13(18)19)12(6-8)17(20)21/h1-6,16H,(H,18,19). The molecule has 2 rings (SSSR count). The van der Waals surface area contributed by atoms with Crippen LogP contribution in [0.3, 0.4) is 0 Å². The number of hydrogen-bond acceptors (Lipinski definition) is 4. The van der Waals surface area contributed by atoms with Crippen LogP contribution >= 0.6 is 27.5 Å². The molecule has 8 heteroatoms. The molecule has 0 aromatic heterocycles. The van der Waals surface area contributed by atoms with E-state index in [2.05, 4.69) is 21.2 Å². The van der Waals surface area contributed by atoms with Crippen molar-refractivity contribution in [1.29, 1.82) is 0 Å². The predicted octanol–water partition coefficient (Wildman–Crippen LogP) is 4.45. The lowest BCUT2D eigenvalue weighted by atomic mass is 10.1. The third kappa shape index (κ3) is 3.50. The summed E-state index contributed by atoms with van der Waals surface area (Å²) >= 11 is 9.21. The highest BCUT2D eigenvalue weighted by Gasteiger charge is 2.20. The Hall–Kier alpha value is -2.12. The molecule has 0 amide bonds. The molecule has 2 aromatic carbocycles. The van der Waals surface area contributed by atoms with Gasteiger partial charge in [0.15, 0.2) is 0 Å². The molecule has 2 N–H and O–H groups in total. The molecule has 0 radical (unpaired) electrons. The Kier molecular flexibility index (Phi) is 4.44. The molecule has 0 fully saturated rings. The van der Waals surface area contributed by atoms with Crippen LogP contribution in [0.1, 0.15) is 10.4 Å². The zero-order valence-electron chi connectivity index (χ0n) is 10.3. The summed E-state index contributed by atoms with van der Waals surface area (Å²) in [7, 11) is 0. The topological polar surface area (TPSA) is 92.5 Å². The molecular weight excluding hydrogens is 364 g/mol. The summed E-state index contributed by atoms with van der Waals surface area (Å²) in [6.07, 6.45) is 0. The summed E-state index contributed by atoms with van der Waals surface area (Å²) in [6.45, 7) is 0. The van der Waals surface area contributed by atoms with E-state index in [1.165, 1.54) is 12.1 Å². The first-order chi connectivity index (χ1) is 9.88. The Labute approximate surface area is 132 Å². The van der Waals surface area contributed by atoms with E-state index < -0.39 is 16.6 Å². The number of nitro groups is 1. The molecule has 0 aliphatic carbocycles. The minimum atomic E-state index is -1.35. The lowest BCUT2D eigenvalue weighted by Crippen LogP contribution is -2.03. The van der Waals surface area contributed by atoms with E-state index in [4.69, 9.17) is 16.7 Å². The van der Waals surface area contributed by atoms with Crippen molar-refractivity contribution in [3.63, 3.8) is 0 Å². The van der Waals surface area contributed by atoms with Crippen LogP contribution in [0.25, 0.3) is 0 Å². The molecule has 0 saturated heterocycles. The highest BCUT2D eigenvalue weighted by Crippen LogP contribution is 2.31. The van der Waals surface area contributed by atoms with Crippen molar-refractivity contribution in [2.75, 3.05) is 5.32 Å². The second-order valence-corrected chi connectivity index (χ2v) is 5.33. The van der Waals surface area contributed by atoms with Crippen LogP contribution in [0, 0.1) is 10.1 Å². The van der Waals surface area contributed by atoms with Gasteiger partial charge in [0.2, 0.25) is 0 Å². The third-order valence-electron chi connectivity index (χ3n) is 2.63.